The van der Waals surface area contributed by atoms with E-state index in [1.54, 1.807) is 0 Å². The fourth-order valence-electron chi connectivity index (χ4n) is 3.57. The van der Waals surface area contributed by atoms with Gasteiger partial charge in [-0.1, -0.05) is 104 Å². The fourth-order valence-corrected chi connectivity index (χ4v) is 3.57. The zero-order chi connectivity index (χ0) is 22.8. The number of aliphatic hydroxyl groups is 2. The van der Waals surface area contributed by atoms with Gasteiger partial charge in [0.05, 0.1) is 26.4 Å². The molecule has 0 aliphatic carbocycles. The average molecular weight is 447 g/mol. The van der Waals surface area contributed by atoms with Crippen molar-refractivity contribution in [1.29, 1.82) is 0 Å². The maximum absolute atomic E-state index is 9.43. The zero-order valence-electron chi connectivity index (χ0n) is 20.8. The third-order valence-corrected chi connectivity index (χ3v) is 5.62. The molecule has 0 aliphatic heterocycles. The minimum absolute atomic E-state index is 0.107. The summed E-state index contributed by atoms with van der Waals surface area (Å²) in [5.74, 6) is 0. The van der Waals surface area contributed by atoms with E-state index in [1.807, 2.05) is 0 Å². The lowest BCUT2D eigenvalue weighted by atomic mass is 10.1. The number of hydrogen-bond acceptors (Lipinski definition) is 5. The summed E-state index contributed by atoms with van der Waals surface area (Å²) in [5.41, 5.74) is 0. The first-order valence-corrected chi connectivity index (χ1v) is 13.3. The molecule has 0 amide bonds. The minimum Gasteiger partial charge on any atom is -0.394 e. The predicted molar refractivity (Wildman–Crippen MR) is 130 cm³/mol. The van der Waals surface area contributed by atoms with Crippen molar-refractivity contribution in [2.75, 3.05) is 39.6 Å². The maximum atomic E-state index is 9.43. The molecule has 0 aromatic heterocycles. The number of unbranched alkanes of at least 4 members (excludes halogenated alkanes) is 14. The third kappa shape index (κ3) is 24.3. The van der Waals surface area contributed by atoms with E-state index in [9.17, 15) is 5.11 Å². The number of rotatable bonds is 26. The van der Waals surface area contributed by atoms with Crippen molar-refractivity contribution >= 4 is 0 Å². The molecule has 0 heterocycles. The molecule has 0 bridgehead atoms. The highest BCUT2D eigenvalue weighted by atomic mass is 16.6. The van der Waals surface area contributed by atoms with Crippen LogP contribution in [0.4, 0.5) is 0 Å². The molecule has 0 aromatic rings. The molecule has 0 fully saturated rings. The molecule has 0 aromatic carbocycles. The van der Waals surface area contributed by atoms with Crippen LogP contribution in [-0.2, 0) is 14.2 Å². The first kappa shape index (κ1) is 30.8. The normalized spacial score (nSPS) is 13.5. The SMILES string of the molecule is CCCCCCCCCCCCOCC(COCC(O)CO)OCCCCCCCC. The van der Waals surface area contributed by atoms with E-state index in [-0.39, 0.29) is 19.3 Å². The molecule has 0 spiro atoms. The fraction of sp³-hybridized carbons (Fsp3) is 1.00. The van der Waals surface area contributed by atoms with Gasteiger partial charge < -0.3 is 24.4 Å². The van der Waals surface area contributed by atoms with E-state index in [1.165, 1.54) is 89.9 Å². The van der Waals surface area contributed by atoms with E-state index in [2.05, 4.69) is 13.8 Å². The summed E-state index contributed by atoms with van der Waals surface area (Å²) in [6.07, 6.45) is 19.7. The Labute approximate surface area is 193 Å². The molecule has 188 valence electrons. The van der Waals surface area contributed by atoms with Crippen LogP contribution in [0.2, 0.25) is 0 Å². The van der Waals surface area contributed by atoms with Crippen molar-refractivity contribution in [1.82, 2.24) is 0 Å². The van der Waals surface area contributed by atoms with E-state index in [0.717, 1.165) is 26.1 Å². The summed E-state index contributed by atoms with van der Waals surface area (Å²) < 4.78 is 17.3. The molecule has 5 heteroatoms. The molecule has 0 rings (SSSR count). The summed E-state index contributed by atoms with van der Waals surface area (Å²) in [4.78, 5) is 0. The Morgan fingerprint density at radius 1 is 0.548 bits per heavy atom. The zero-order valence-corrected chi connectivity index (χ0v) is 20.8. The average Bonchev–Trinajstić information content (AvgIpc) is 2.78. The highest BCUT2D eigenvalue weighted by molar-refractivity contribution is 4.58. The summed E-state index contributed by atoms with van der Waals surface area (Å²) >= 11 is 0. The van der Waals surface area contributed by atoms with Crippen molar-refractivity contribution in [2.24, 2.45) is 0 Å². The van der Waals surface area contributed by atoms with Gasteiger partial charge in [0.15, 0.2) is 0 Å². The summed E-state index contributed by atoms with van der Waals surface area (Å²) in [5, 5.41) is 18.3. The molecule has 31 heavy (non-hydrogen) atoms. The Kier molecular flexibility index (Phi) is 25.9. The molecular weight excluding hydrogens is 392 g/mol. The van der Waals surface area contributed by atoms with Gasteiger partial charge in [-0.15, -0.1) is 0 Å². The number of ether oxygens (including phenoxy) is 3. The van der Waals surface area contributed by atoms with Crippen LogP contribution in [0.3, 0.4) is 0 Å². The third-order valence-electron chi connectivity index (χ3n) is 5.62. The smallest absolute Gasteiger partial charge is 0.104 e. The van der Waals surface area contributed by atoms with Crippen molar-refractivity contribution in [3.8, 4) is 0 Å². The second-order valence-electron chi connectivity index (χ2n) is 8.89. The van der Waals surface area contributed by atoms with Crippen LogP contribution in [0.25, 0.3) is 0 Å². The highest BCUT2D eigenvalue weighted by Crippen LogP contribution is 2.11. The quantitative estimate of drug-likeness (QED) is 0.159. The van der Waals surface area contributed by atoms with Crippen LogP contribution in [0.1, 0.15) is 117 Å². The van der Waals surface area contributed by atoms with Gasteiger partial charge in [-0.3, -0.25) is 0 Å². The lowest BCUT2D eigenvalue weighted by molar-refractivity contribution is -0.0771. The van der Waals surface area contributed by atoms with Gasteiger partial charge in [-0.2, -0.15) is 0 Å². The molecule has 0 radical (unpaired) electrons. The Morgan fingerprint density at radius 2 is 1.00 bits per heavy atom. The topological polar surface area (TPSA) is 68.2 Å². The minimum atomic E-state index is -0.827. The summed E-state index contributed by atoms with van der Waals surface area (Å²) in [7, 11) is 0. The molecule has 2 atom stereocenters. The van der Waals surface area contributed by atoms with Crippen molar-refractivity contribution < 1.29 is 24.4 Å². The molecule has 2 unspecified atom stereocenters. The van der Waals surface area contributed by atoms with Gasteiger partial charge in [0.25, 0.3) is 0 Å². The van der Waals surface area contributed by atoms with E-state index in [4.69, 9.17) is 19.3 Å². The molecule has 0 saturated heterocycles. The highest BCUT2D eigenvalue weighted by Gasteiger charge is 2.11. The van der Waals surface area contributed by atoms with E-state index >= 15 is 0 Å². The lowest BCUT2D eigenvalue weighted by Crippen LogP contribution is -2.29. The van der Waals surface area contributed by atoms with Crippen LogP contribution in [-0.4, -0.2) is 62.1 Å². The van der Waals surface area contributed by atoms with Crippen LogP contribution in [0.5, 0.6) is 0 Å². The maximum Gasteiger partial charge on any atom is 0.104 e. The van der Waals surface area contributed by atoms with Gasteiger partial charge in [0, 0.05) is 13.2 Å². The lowest BCUT2D eigenvalue weighted by Gasteiger charge is -2.19. The molecule has 0 aliphatic rings. The van der Waals surface area contributed by atoms with Gasteiger partial charge in [0.2, 0.25) is 0 Å². The Balaban J connectivity index is 3.74. The van der Waals surface area contributed by atoms with Crippen molar-refractivity contribution in [3.63, 3.8) is 0 Å². The first-order chi connectivity index (χ1) is 15.2. The van der Waals surface area contributed by atoms with Gasteiger partial charge >= 0.3 is 0 Å². The second-order valence-corrected chi connectivity index (χ2v) is 8.89. The first-order valence-electron chi connectivity index (χ1n) is 13.3. The predicted octanol–water partition coefficient (Wildman–Crippen LogP) is 6.04. The monoisotopic (exact) mass is 446 g/mol. The van der Waals surface area contributed by atoms with E-state index < -0.39 is 6.10 Å². The molecular formula is C26H54O5. The van der Waals surface area contributed by atoms with Gasteiger partial charge in [-0.05, 0) is 12.8 Å². The van der Waals surface area contributed by atoms with Crippen molar-refractivity contribution in [2.45, 2.75) is 129 Å². The standard InChI is InChI=1S/C26H54O5/c1-3-5-7-9-11-12-13-14-15-17-19-29-23-26(24-30-22-25(28)21-27)31-20-18-16-10-8-6-4-2/h25-28H,3-24H2,1-2H3. The van der Waals surface area contributed by atoms with Gasteiger partial charge in [-0.25, -0.2) is 0 Å². The largest absolute Gasteiger partial charge is 0.394 e. The summed E-state index contributed by atoms with van der Waals surface area (Å²) in [6, 6.07) is 0. The second kappa shape index (κ2) is 26.1. The Hall–Kier alpha value is -0.200. The van der Waals surface area contributed by atoms with Crippen LogP contribution in [0.15, 0.2) is 0 Å². The van der Waals surface area contributed by atoms with Crippen LogP contribution in [0, 0.1) is 0 Å². The molecule has 5 nitrogen and oxygen atoms in total. The van der Waals surface area contributed by atoms with E-state index in [0.29, 0.717) is 13.2 Å². The van der Waals surface area contributed by atoms with Crippen molar-refractivity contribution in [3.05, 3.63) is 0 Å². The van der Waals surface area contributed by atoms with Gasteiger partial charge in [0.1, 0.15) is 12.2 Å². The number of hydrogen-bond donors (Lipinski definition) is 2. The number of aliphatic hydroxyl groups excluding tert-OH is 2. The Morgan fingerprint density at radius 3 is 1.52 bits per heavy atom. The molecule has 2 N–H and O–H groups in total. The Bertz CT molecular complexity index is 327. The van der Waals surface area contributed by atoms with Crippen LogP contribution < -0.4 is 0 Å². The molecule has 0 saturated carbocycles. The summed E-state index contributed by atoms with van der Waals surface area (Å²) in [6.45, 7) is 6.77. The van der Waals surface area contributed by atoms with Crippen LogP contribution >= 0.6 is 0 Å².